The third kappa shape index (κ3) is 4.72. The maximum absolute atomic E-state index is 11.8. The van der Waals surface area contributed by atoms with Crippen molar-refractivity contribution in [1.82, 2.24) is 10.6 Å². The molecule has 0 unspecified atom stereocenters. The van der Waals surface area contributed by atoms with Gasteiger partial charge in [0.15, 0.2) is 0 Å². The molecule has 6 heteroatoms. The molecule has 114 valence electrons. The van der Waals surface area contributed by atoms with E-state index >= 15 is 0 Å². The topological polar surface area (TPSA) is 78.4 Å². The maximum Gasteiger partial charge on any atom is 0.251 e. The molecule has 0 saturated heterocycles. The minimum absolute atomic E-state index is 0.0589. The first-order valence-corrected chi connectivity index (χ1v) is 7.34. The van der Waals surface area contributed by atoms with Gasteiger partial charge in [-0.3, -0.25) is 9.59 Å². The number of halogens is 1. The zero-order valence-corrected chi connectivity index (χ0v) is 12.4. The van der Waals surface area contributed by atoms with E-state index in [-0.39, 0.29) is 30.4 Å². The van der Waals surface area contributed by atoms with Crippen LogP contribution < -0.4 is 10.6 Å². The summed E-state index contributed by atoms with van der Waals surface area (Å²) in [6.45, 7) is 0.642. The molecule has 2 amide bonds. The Morgan fingerprint density at radius 3 is 2.43 bits per heavy atom. The summed E-state index contributed by atoms with van der Waals surface area (Å²) in [6, 6.07) is 6.47. The van der Waals surface area contributed by atoms with Gasteiger partial charge in [-0.2, -0.15) is 0 Å². The Labute approximate surface area is 128 Å². The van der Waals surface area contributed by atoms with Gasteiger partial charge in [0, 0.05) is 23.7 Å². The van der Waals surface area contributed by atoms with Gasteiger partial charge in [0.05, 0.1) is 6.54 Å². The van der Waals surface area contributed by atoms with Crippen LogP contribution in [0.1, 0.15) is 29.6 Å². The predicted octanol–water partition coefficient (Wildman–Crippen LogP) is 1.35. The molecule has 1 aromatic rings. The molecular weight excluding hydrogens is 292 g/mol. The molecule has 1 aliphatic rings. The quantitative estimate of drug-likeness (QED) is 0.711. The summed E-state index contributed by atoms with van der Waals surface area (Å²) < 4.78 is 0. The fourth-order valence-corrected chi connectivity index (χ4v) is 2.27. The number of aliphatic hydroxyl groups is 1. The monoisotopic (exact) mass is 310 g/mol. The van der Waals surface area contributed by atoms with Crippen LogP contribution in [0, 0.1) is 5.41 Å². The minimum Gasteiger partial charge on any atom is -0.396 e. The van der Waals surface area contributed by atoms with Crippen LogP contribution in [0.25, 0.3) is 0 Å². The van der Waals surface area contributed by atoms with Crippen LogP contribution in [0.2, 0.25) is 5.02 Å². The second kappa shape index (κ2) is 6.91. The van der Waals surface area contributed by atoms with E-state index in [1.807, 2.05) is 0 Å². The molecule has 0 spiro atoms. The largest absolute Gasteiger partial charge is 0.396 e. The first kappa shape index (κ1) is 15.8. The van der Waals surface area contributed by atoms with Crippen molar-refractivity contribution in [2.75, 3.05) is 19.7 Å². The van der Waals surface area contributed by atoms with Gasteiger partial charge in [-0.05, 0) is 48.9 Å². The molecule has 0 atom stereocenters. The van der Waals surface area contributed by atoms with E-state index in [1.165, 1.54) is 0 Å². The van der Waals surface area contributed by atoms with E-state index in [0.717, 1.165) is 12.8 Å². The van der Waals surface area contributed by atoms with Crippen LogP contribution in [0.3, 0.4) is 0 Å². The highest BCUT2D eigenvalue weighted by atomic mass is 35.5. The van der Waals surface area contributed by atoms with Gasteiger partial charge in [0.25, 0.3) is 5.91 Å². The van der Waals surface area contributed by atoms with Crippen LogP contribution in [0.4, 0.5) is 0 Å². The lowest BCUT2D eigenvalue weighted by Gasteiger charge is -2.14. The number of carbonyl (C=O) groups is 2. The van der Waals surface area contributed by atoms with E-state index in [4.69, 9.17) is 16.7 Å². The van der Waals surface area contributed by atoms with E-state index < -0.39 is 0 Å². The zero-order chi connectivity index (χ0) is 15.3. The molecule has 1 fully saturated rings. The normalized spacial score (nSPS) is 15.3. The van der Waals surface area contributed by atoms with Gasteiger partial charge in [0.1, 0.15) is 0 Å². The summed E-state index contributed by atoms with van der Waals surface area (Å²) in [5.74, 6) is -0.528. The van der Waals surface area contributed by atoms with Gasteiger partial charge >= 0.3 is 0 Å². The number of nitrogens with one attached hydrogen (secondary N) is 2. The molecule has 3 N–H and O–H groups in total. The van der Waals surface area contributed by atoms with Crippen molar-refractivity contribution in [3.8, 4) is 0 Å². The zero-order valence-electron chi connectivity index (χ0n) is 11.7. The van der Waals surface area contributed by atoms with Gasteiger partial charge in [-0.1, -0.05) is 11.6 Å². The Morgan fingerprint density at radius 2 is 1.86 bits per heavy atom. The highest BCUT2D eigenvalue weighted by Gasteiger charge is 2.41. The van der Waals surface area contributed by atoms with Crippen molar-refractivity contribution in [1.29, 1.82) is 0 Å². The smallest absolute Gasteiger partial charge is 0.251 e. The van der Waals surface area contributed by atoms with E-state index in [0.29, 0.717) is 23.6 Å². The average molecular weight is 311 g/mol. The fraction of sp³-hybridized carbons (Fsp3) is 0.467. The Morgan fingerprint density at radius 1 is 1.19 bits per heavy atom. The van der Waals surface area contributed by atoms with E-state index in [1.54, 1.807) is 24.3 Å². The number of carbonyl (C=O) groups excluding carboxylic acids is 2. The molecule has 21 heavy (non-hydrogen) atoms. The first-order valence-electron chi connectivity index (χ1n) is 6.96. The molecule has 0 heterocycles. The number of amides is 2. The van der Waals surface area contributed by atoms with Crippen molar-refractivity contribution in [3.63, 3.8) is 0 Å². The van der Waals surface area contributed by atoms with Crippen LogP contribution in [-0.2, 0) is 4.79 Å². The SMILES string of the molecule is O=C(CNC(=O)c1ccc(Cl)cc1)NCC1(CCO)CC1. The van der Waals surface area contributed by atoms with Crippen LogP contribution in [0.5, 0.6) is 0 Å². The third-order valence-electron chi connectivity index (χ3n) is 3.78. The van der Waals surface area contributed by atoms with E-state index in [2.05, 4.69) is 10.6 Å². The Hall–Kier alpha value is -1.59. The minimum atomic E-state index is -0.307. The lowest BCUT2D eigenvalue weighted by Crippen LogP contribution is -2.39. The molecule has 0 radical (unpaired) electrons. The molecule has 0 aromatic heterocycles. The second-order valence-electron chi connectivity index (χ2n) is 5.44. The van der Waals surface area contributed by atoms with Gasteiger partial charge in [-0.25, -0.2) is 0 Å². The van der Waals surface area contributed by atoms with Crippen LogP contribution >= 0.6 is 11.6 Å². The lowest BCUT2D eigenvalue weighted by atomic mass is 10.0. The first-order chi connectivity index (χ1) is 10.0. The summed E-state index contributed by atoms with van der Waals surface area (Å²) in [7, 11) is 0. The summed E-state index contributed by atoms with van der Waals surface area (Å²) >= 11 is 5.75. The van der Waals surface area contributed by atoms with Crippen molar-refractivity contribution < 1.29 is 14.7 Å². The summed E-state index contributed by atoms with van der Waals surface area (Å²) in [4.78, 5) is 23.5. The summed E-state index contributed by atoms with van der Waals surface area (Å²) in [5.41, 5.74) is 0.538. The van der Waals surface area contributed by atoms with Gasteiger partial charge in [0.2, 0.25) is 5.91 Å². The van der Waals surface area contributed by atoms with Gasteiger partial charge in [-0.15, -0.1) is 0 Å². The molecule has 1 aromatic carbocycles. The van der Waals surface area contributed by atoms with Crippen molar-refractivity contribution in [3.05, 3.63) is 34.9 Å². The Bertz CT molecular complexity index is 512. The molecule has 0 aliphatic heterocycles. The number of aliphatic hydroxyl groups excluding tert-OH is 1. The number of rotatable bonds is 7. The molecule has 1 aliphatic carbocycles. The standard InChI is InChI=1S/C15H19ClN2O3/c16-12-3-1-11(2-4-12)14(21)17-9-13(20)18-10-15(5-6-15)7-8-19/h1-4,19H,5-10H2,(H,17,21)(H,18,20). The van der Waals surface area contributed by atoms with Crippen molar-refractivity contribution in [2.45, 2.75) is 19.3 Å². The number of hydrogen-bond donors (Lipinski definition) is 3. The predicted molar refractivity (Wildman–Crippen MR) is 80.2 cm³/mol. The summed E-state index contributed by atoms with van der Waals surface area (Å²) in [6.07, 6.45) is 2.78. The highest BCUT2D eigenvalue weighted by molar-refractivity contribution is 6.30. The average Bonchev–Trinajstić information content (AvgIpc) is 3.24. The van der Waals surface area contributed by atoms with Gasteiger partial charge < -0.3 is 15.7 Å². The Balaban J connectivity index is 1.71. The van der Waals surface area contributed by atoms with Crippen LogP contribution in [-0.4, -0.2) is 36.6 Å². The third-order valence-corrected chi connectivity index (χ3v) is 4.03. The van der Waals surface area contributed by atoms with Crippen molar-refractivity contribution >= 4 is 23.4 Å². The maximum atomic E-state index is 11.8. The number of hydrogen-bond acceptors (Lipinski definition) is 3. The number of benzene rings is 1. The fourth-order valence-electron chi connectivity index (χ4n) is 2.14. The molecule has 1 saturated carbocycles. The molecule has 5 nitrogen and oxygen atoms in total. The van der Waals surface area contributed by atoms with Crippen LogP contribution in [0.15, 0.2) is 24.3 Å². The highest BCUT2D eigenvalue weighted by Crippen LogP contribution is 2.47. The lowest BCUT2D eigenvalue weighted by molar-refractivity contribution is -0.120. The van der Waals surface area contributed by atoms with E-state index in [9.17, 15) is 9.59 Å². The summed E-state index contributed by atoms with van der Waals surface area (Å²) in [5, 5.41) is 14.9. The molecular formula is C15H19ClN2O3. The second-order valence-corrected chi connectivity index (χ2v) is 5.88. The van der Waals surface area contributed by atoms with Crippen molar-refractivity contribution in [2.24, 2.45) is 5.41 Å². The molecule has 2 rings (SSSR count). The Kier molecular flexibility index (Phi) is 5.20. The molecule has 0 bridgehead atoms.